The van der Waals surface area contributed by atoms with E-state index in [-0.39, 0.29) is 11.9 Å². The largest absolute Gasteiger partial charge is 0.368 e. The fraction of sp³-hybridized carbons (Fsp3) is 0.625. The van der Waals surface area contributed by atoms with Gasteiger partial charge >= 0.3 is 0 Å². The third-order valence-corrected chi connectivity index (χ3v) is 4.16. The molecule has 1 fully saturated rings. The van der Waals surface area contributed by atoms with Crippen LogP contribution in [0.25, 0.3) is 0 Å². The highest BCUT2D eigenvalue weighted by atomic mass is 16.1. The summed E-state index contributed by atoms with van der Waals surface area (Å²) in [6.45, 7) is 11.5. The van der Waals surface area contributed by atoms with Crippen molar-refractivity contribution in [2.24, 2.45) is 0 Å². The first-order chi connectivity index (χ1) is 10.1. The van der Waals surface area contributed by atoms with E-state index >= 15 is 0 Å². The summed E-state index contributed by atoms with van der Waals surface area (Å²) in [5.41, 5.74) is 1.69. The van der Waals surface area contributed by atoms with E-state index in [9.17, 15) is 4.79 Å². The maximum atomic E-state index is 12.2. The Labute approximate surface area is 127 Å². The number of rotatable bonds is 5. The molecule has 1 amide bonds. The van der Waals surface area contributed by atoms with Crippen molar-refractivity contribution in [3.8, 4) is 0 Å². The molecule has 1 aromatic rings. The zero-order valence-electron chi connectivity index (χ0n) is 13.3. The number of amides is 1. The average Bonchev–Trinajstić information content (AvgIpc) is 2.55. The van der Waals surface area contributed by atoms with Crippen LogP contribution in [0.3, 0.4) is 0 Å². The number of hydrogen-bond donors (Lipinski definition) is 1. The molecule has 0 saturated carbocycles. The van der Waals surface area contributed by atoms with Gasteiger partial charge in [-0.25, -0.2) is 0 Å². The zero-order valence-corrected chi connectivity index (χ0v) is 13.3. The lowest BCUT2D eigenvalue weighted by molar-refractivity contribution is 0.0939. The predicted octanol–water partition coefficient (Wildman–Crippen LogP) is 1.75. The monoisotopic (exact) mass is 290 g/mol. The molecule has 5 heteroatoms. The molecule has 1 aliphatic rings. The third-order valence-electron chi connectivity index (χ3n) is 4.16. The lowest BCUT2D eigenvalue weighted by Crippen LogP contribution is -2.46. The number of nitrogens with one attached hydrogen (secondary N) is 1. The van der Waals surface area contributed by atoms with Crippen molar-refractivity contribution >= 4 is 11.6 Å². The minimum Gasteiger partial charge on any atom is -0.368 e. The Morgan fingerprint density at radius 1 is 1.29 bits per heavy atom. The second kappa shape index (κ2) is 7.41. The molecule has 2 heterocycles. The van der Waals surface area contributed by atoms with Crippen LogP contribution in [0.4, 0.5) is 5.69 Å². The number of carbonyl (C=O) groups excluding carboxylic acids is 1. The van der Waals surface area contributed by atoms with Gasteiger partial charge in [-0.3, -0.25) is 9.78 Å². The molecule has 5 nitrogen and oxygen atoms in total. The van der Waals surface area contributed by atoms with E-state index in [1.807, 2.05) is 19.2 Å². The van der Waals surface area contributed by atoms with Gasteiger partial charge in [0.15, 0.2) is 0 Å². The molecule has 1 N–H and O–H groups in total. The van der Waals surface area contributed by atoms with E-state index in [1.54, 1.807) is 6.20 Å². The normalized spacial score (nSPS) is 17.6. The van der Waals surface area contributed by atoms with Gasteiger partial charge in [0.1, 0.15) is 0 Å². The minimum atomic E-state index is -0.0362. The average molecular weight is 290 g/mol. The van der Waals surface area contributed by atoms with E-state index in [0.29, 0.717) is 5.56 Å². The van der Waals surface area contributed by atoms with E-state index in [0.717, 1.165) is 44.8 Å². The number of aromatic nitrogens is 1. The lowest BCUT2D eigenvalue weighted by Gasteiger charge is -2.35. The Balaban J connectivity index is 2.02. The molecule has 1 unspecified atom stereocenters. The highest BCUT2D eigenvalue weighted by molar-refractivity contribution is 5.94. The van der Waals surface area contributed by atoms with Crippen molar-refractivity contribution in [2.75, 3.05) is 37.6 Å². The molecule has 2 rings (SSSR count). The Morgan fingerprint density at radius 2 is 2.00 bits per heavy atom. The van der Waals surface area contributed by atoms with E-state index in [4.69, 9.17) is 0 Å². The Bertz CT molecular complexity index is 469. The molecule has 0 aromatic carbocycles. The number of piperazine rings is 1. The van der Waals surface area contributed by atoms with Gasteiger partial charge in [0.25, 0.3) is 5.91 Å². The SMILES string of the molecule is CCC(C)NC(=O)c1cncc(N2CCN(CC)CC2)c1. The topological polar surface area (TPSA) is 48.5 Å². The van der Waals surface area contributed by atoms with Crippen LogP contribution in [0.5, 0.6) is 0 Å². The summed E-state index contributed by atoms with van der Waals surface area (Å²) < 4.78 is 0. The van der Waals surface area contributed by atoms with Crippen LogP contribution in [0.1, 0.15) is 37.6 Å². The first-order valence-corrected chi connectivity index (χ1v) is 7.87. The van der Waals surface area contributed by atoms with Gasteiger partial charge < -0.3 is 15.1 Å². The number of nitrogens with zero attached hydrogens (tertiary/aromatic N) is 3. The molecule has 21 heavy (non-hydrogen) atoms. The molecule has 0 bridgehead atoms. The van der Waals surface area contributed by atoms with Crippen molar-refractivity contribution in [3.63, 3.8) is 0 Å². The molecule has 0 radical (unpaired) electrons. The van der Waals surface area contributed by atoms with E-state index in [2.05, 4.69) is 33.9 Å². The van der Waals surface area contributed by atoms with Gasteiger partial charge in [-0.2, -0.15) is 0 Å². The second-order valence-electron chi connectivity index (χ2n) is 5.64. The van der Waals surface area contributed by atoms with Gasteiger partial charge in [0.05, 0.1) is 17.4 Å². The van der Waals surface area contributed by atoms with Crippen LogP contribution in [0.15, 0.2) is 18.5 Å². The standard InChI is InChI=1S/C16H26N4O/c1-4-13(3)18-16(21)14-10-15(12-17-11-14)20-8-6-19(5-2)7-9-20/h10-13H,4-9H2,1-3H3,(H,18,21). The van der Waals surface area contributed by atoms with Crippen LogP contribution in [-0.4, -0.2) is 54.6 Å². The summed E-state index contributed by atoms with van der Waals surface area (Å²) in [7, 11) is 0. The third kappa shape index (κ3) is 4.17. The van der Waals surface area contributed by atoms with Crippen molar-refractivity contribution < 1.29 is 4.79 Å². The molecule has 1 aromatic heterocycles. The van der Waals surface area contributed by atoms with Crippen LogP contribution in [0.2, 0.25) is 0 Å². The number of pyridine rings is 1. The highest BCUT2D eigenvalue weighted by Gasteiger charge is 2.17. The van der Waals surface area contributed by atoms with Crippen LogP contribution in [-0.2, 0) is 0 Å². The smallest absolute Gasteiger partial charge is 0.253 e. The lowest BCUT2D eigenvalue weighted by atomic mass is 10.2. The summed E-state index contributed by atoms with van der Waals surface area (Å²) in [4.78, 5) is 21.1. The Morgan fingerprint density at radius 3 is 2.62 bits per heavy atom. The van der Waals surface area contributed by atoms with Gasteiger partial charge in [-0.1, -0.05) is 13.8 Å². The molecular formula is C16H26N4O. The summed E-state index contributed by atoms with van der Waals surface area (Å²) in [5, 5.41) is 2.99. The molecule has 1 aliphatic heterocycles. The van der Waals surface area contributed by atoms with Gasteiger partial charge in [-0.05, 0) is 26.0 Å². The number of anilines is 1. The fourth-order valence-electron chi connectivity index (χ4n) is 2.46. The maximum Gasteiger partial charge on any atom is 0.253 e. The van der Waals surface area contributed by atoms with Crippen LogP contribution in [0, 0.1) is 0 Å². The quantitative estimate of drug-likeness (QED) is 0.897. The summed E-state index contributed by atoms with van der Waals surface area (Å²) in [6, 6.07) is 2.14. The first-order valence-electron chi connectivity index (χ1n) is 7.87. The van der Waals surface area contributed by atoms with Crippen LogP contribution < -0.4 is 10.2 Å². The van der Waals surface area contributed by atoms with Gasteiger partial charge in [-0.15, -0.1) is 0 Å². The van der Waals surface area contributed by atoms with E-state index in [1.165, 1.54) is 0 Å². The Kier molecular flexibility index (Phi) is 5.56. The summed E-state index contributed by atoms with van der Waals surface area (Å²) in [6.07, 6.45) is 4.42. The summed E-state index contributed by atoms with van der Waals surface area (Å²) in [5.74, 6) is -0.0362. The van der Waals surface area contributed by atoms with Crippen LogP contribution >= 0.6 is 0 Å². The van der Waals surface area contributed by atoms with Crippen molar-refractivity contribution in [1.29, 1.82) is 0 Å². The Hall–Kier alpha value is -1.62. The molecular weight excluding hydrogens is 264 g/mol. The van der Waals surface area contributed by atoms with Crippen molar-refractivity contribution in [1.82, 2.24) is 15.2 Å². The van der Waals surface area contributed by atoms with Gasteiger partial charge in [0, 0.05) is 38.4 Å². The molecule has 0 spiro atoms. The number of likely N-dealkylation sites (N-methyl/N-ethyl adjacent to an activating group) is 1. The van der Waals surface area contributed by atoms with Gasteiger partial charge in [0.2, 0.25) is 0 Å². The second-order valence-corrected chi connectivity index (χ2v) is 5.64. The van der Waals surface area contributed by atoms with Crippen molar-refractivity contribution in [3.05, 3.63) is 24.0 Å². The number of hydrogen-bond acceptors (Lipinski definition) is 4. The molecule has 1 atom stereocenters. The molecule has 0 aliphatic carbocycles. The fourth-order valence-corrected chi connectivity index (χ4v) is 2.46. The maximum absolute atomic E-state index is 12.2. The van der Waals surface area contributed by atoms with Crippen molar-refractivity contribution in [2.45, 2.75) is 33.2 Å². The molecule has 1 saturated heterocycles. The first kappa shape index (κ1) is 15.8. The minimum absolute atomic E-state index is 0.0362. The zero-order chi connectivity index (χ0) is 15.2. The van der Waals surface area contributed by atoms with E-state index < -0.39 is 0 Å². The highest BCUT2D eigenvalue weighted by Crippen LogP contribution is 2.17. The predicted molar refractivity (Wildman–Crippen MR) is 85.8 cm³/mol. The summed E-state index contributed by atoms with van der Waals surface area (Å²) >= 11 is 0. The molecule has 116 valence electrons. The number of carbonyl (C=O) groups is 1.